The summed E-state index contributed by atoms with van der Waals surface area (Å²) in [5, 5.41) is 3.02. The minimum absolute atomic E-state index is 0.00684. The van der Waals surface area contributed by atoms with Crippen molar-refractivity contribution >= 4 is 17.4 Å². The number of hydrogen-bond acceptors (Lipinski definition) is 7. The molecule has 1 aromatic rings. The number of carbonyl (C=O) groups is 2. The summed E-state index contributed by atoms with van der Waals surface area (Å²) in [6.07, 6.45) is 9.04. The van der Waals surface area contributed by atoms with Crippen LogP contribution in [0.3, 0.4) is 0 Å². The molecule has 3 heterocycles. The predicted molar refractivity (Wildman–Crippen MR) is 164 cm³/mol. The molecule has 7 rings (SSSR count). The standard InChI is InChI=1S/C34H48FN5O3/c1-38(24-10-3-2-4-11-24)14-7-13-37-34(42)26-20-40-28-16-21-8-5-6-9-22(21)17-29(28)43-33-30(40)25(32(26)41)18-27(35)31(33)39-15-12-23(36)19-39/h2-4,10-11,20-23,25,27-31,33H,5-9,12-19,36H2,1H3,(H,37,42). The molecule has 10 atom stereocenters. The quantitative estimate of drug-likeness (QED) is 0.371. The van der Waals surface area contributed by atoms with Gasteiger partial charge in [0.25, 0.3) is 5.91 Å². The molecule has 5 fully saturated rings. The number of likely N-dealkylation sites (tertiary alicyclic amines) is 1. The van der Waals surface area contributed by atoms with Crippen LogP contribution in [0.2, 0.25) is 0 Å². The van der Waals surface area contributed by atoms with E-state index < -0.39 is 24.2 Å². The van der Waals surface area contributed by atoms with E-state index in [1.54, 1.807) is 0 Å². The Morgan fingerprint density at radius 3 is 2.60 bits per heavy atom. The van der Waals surface area contributed by atoms with E-state index >= 15 is 4.39 Å². The number of nitrogens with zero attached hydrogens (tertiary/aromatic N) is 3. The summed E-state index contributed by atoms with van der Waals surface area (Å²) in [7, 11) is 2.04. The molecule has 0 bridgehead atoms. The molecule has 0 aromatic heterocycles. The number of alkyl halides is 1. The van der Waals surface area contributed by atoms with Crippen LogP contribution in [-0.2, 0) is 14.3 Å². The highest BCUT2D eigenvalue weighted by atomic mass is 19.1. The van der Waals surface area contributed by atoms with Crippen LogP contribution in [0.15, 0.2) is 42.1 Å². The van der Waals surface area contributed by atoms with Gasteiger partial charge in [-0.2, -0.15) is 0 Å². The van der Waals surface area contributed by atoms with E-state index in [0.717, 1.165) is 44.5 Å². The van der Waals surface area contributed by atoms with Crippen LogP contribution < -0.4 is 16.0 Å². The number of Topliss-reactive ketones (excluding diaryl/α,β-unsaturated/α-hetero) is 1. The highest BCUT2D eigenvalue weighted by Gasteiger charge is 2.60. The number of rotatable bonds is 7. The molecule has 234 valence electrons. The number of amides is 1. The van der Waals surface area contributed by atoms with Crippen molar-refractivity contribution in [2.45, 2.75) is 100 Å². The lowest BCUT2D eigenvalue weighted by molar-refractivity contribution is -0.219. The summed E-state index contributed by atoms with van der Waals surface area (Å²) in [6, 6.07) is 9.68. The molecule has 0 spiro atoms. The van der Waals surface area contributed by atoms with Crippen molar-refractivity contribution < 1.29 is 18.7 Å². The van der Waals surface area contributed by atoms with E-state index in [2.05, 4.69) is 32.1 Å². The number of hydrogen-bond donors (Lipinski definition) is 2. The molecule has 10 unspecified atom stereocenters. The number of ether oxygens (including phenoxy) is 1. The summed E-state index contributed by atoms with van der Waals surface area (Å²) < 4.78 is 23.1. The van der Waals surface area contributed by atoms with Gasteiger partial charge in [0, 0.05) is 57.1 Å². The van der Waals surface area contributed by atoms with Gasteiger partial charge in [-0.15, -0.1) is 0 Å². The van der Waals surface area contributed by atoms with Crippen LogP contribution in [0.4, 0.5) is 10.1 Å². The number of benzene rings is 1. The third kappa shape index (κ3) is 5.50. The lowest BCUT2D eigenvalue weighted by atomic mass is 9.64. The SMILES string of the molecule is CN(CCCNC(=O)C1=CN2C3CC4CCCCC4CC3OC3C(N4CCC(N)C4)C(F)CC(C1=O)C32)c1ccccc1. The van der Waals surface area contributed by atoms with E-state index in [9.17, 15) is 9.59 Å². The molecule has 3 aliphatic heterocycles. The molecule has 1 aromatic carbocycles. The van der Waals surface area contributed by atoms with E-state index in [-0.39, 0.29) is 47.9 Å². The Morgan fingerprint density at radius 2 is 1.86 bits per heavy atom. The zero-order valence-corrected chi connectivity index (χ0v) is 25.5. The smallest absolute Gasteiger partial charge is 0.256 e. The highest BCUT2D eigenvalue weighted by Crippen LogP contribution is 2.51. The van der Waals surface area contributed by atoms with E-state index in [0.29, 0.717) is 24.9 Å². The second-order valence-electron chi connectivity index (χ2n) is 14.1. The van der Waals surface area contributed by atoms with Crippen LogP contribution in [0.5, 0.6) is 0 Å². The molecule has 2 saturated heterocycles. The molecule has 1 amide bonds. The number of carbonyl (C=O) groups excluding carboxylic acids is 2. The Hall–Kier alpha value is -2.49. The van der Waals surface area contributed by atoms with Gasteiger partial charge in [-0.05, 0) is 56.1 Å². The van der Waals surface area contributed by atoms with Crippen LogP contribution in [-0.4, -0.2) is 97.3 Å². The first-order chi connectivity index (χ1) is 20.9. The first-order valence-electron chi connectivity index (χ1n) is 16.8. The van der Waals surface area contributed by atoms with E-state index in [4.69, 9.17) is 10.5 Å². The first kappa shape index (κ1) is 29.2. The maximum Gasteiger partial charge on any atom is 0.256 e. The van der Waals surface area contributed by atoms with Gasteiger partial charge in [0.15, 0.2) is 5.78 Å². The fourth-order valence-corrected chi connectivity index (χ4v) is 9.38. The van der Waals surface area contributed by atoms with Crippen molar-refractivity contribution in [2.24, 2.45) is 23.5 Å². The normalized spacial score (nSPS) is 38.9. The minimum Gasteiger partial charge on any atom is -0.375 e. The molecular weight excluding hydrogens is 545 g/mol. The van der Waals surface area contributed by atoms with Gasteiger partial charge < -0.3 is 25.6 Å². The maximum absolute atomic E-state index is 16.2. The highest BCUT2D eigenvalue weighted by molar-refractivity contribution is 6.20. The average molecular weight is 594 g/mol. The molecule has 43 heavy (non-hydrogen) atoms. The van der Waals surface area contributed by atoms with Gasteiger partial charge in [-0.3, -0.25) is 14.5 Å². The molecule has 6 aliphatic rings. The Bertz CT molecular complexity index is 1210. The zero-order valence-electron chi connectivity index (χ0n) is 25.5. The third-order valence-corrected chi connectivity index (χ3v) is 11.5. The van der Waals surface area contributed by atoms with Gasteiger partial charge in [0.05, 0.1) is 35.9 Å². The molecule has 3 aliphatic carbocycles. The van der Waals surface area contributed by atoms with Crippen LogP contribution in [0.1, 0.15) is 57.8 Å². The summed E-state index contributed by atoms with van der Waals surface area (Å²) in [5.41, 5.74) is 7.58. The van der Waals surface area contributed by atoms with E-state index in [1.165, 1.54) is 25.7 Å². The number of nitrogens with two attached hydrogens (primary N) is 1. The molecule has 3 saturated carbocycles. The molecule has 3 N–H and O–H groups in total. The van der Waals surface area contributed by atoms with Crippen molar-refractivity contribution in [1.29, 1.82) is 0 Å². The number of para-hydroxylation sites is 1. The average Bonchev–Trinajstić information content (AvgIpc) is 3.45. The monoisotopic (exact) mass is 593 g/mol. The number of halogens is 1. The fraction of sp³-hybridized carbons (Fsp3) is 0.706. The second kappa shape index (κ2) is 12.1. The summed E-state index contributed by atoms with van der Waals surface area (Å²) in [5.74, 6) is 0.173. The molecule has 0 radical (unpaired) electrons. The molecule has 8 nitrogen and oxygen atoms in total. The first-order valence-corrected chi connectivity index (χ1v) is 16.8. The van der Waals surface area contributed by atoms with E-state index in [1.807, 2.05) is 31.4 Å². The lowest BCUT2D eigenvalue weighted by Crippen LogP contribution is -2.73. The lowest BCUT2D eigenvalue weighted by Gasteiger charge is -2.61. The summed E-state index contributed by atoms with van der Waals surface area (Å²) >= 11 is 0. The van der Waals surface area contributed by atoms with Gasteiger partial charge in [-0.1, -0.05) is 43.9 Å². The maximum atomic E-state index is 16.2. The Morgan fingerprint density at radius 1 is 1.09 bits per heavy atom. The van der Waals surface area contributed by atoms with Crippen LogP contribution in [0, 0.1) is 17.8 Å². The topological polar surface area (TPSA) is 91.1 Å². The van der Waals surface area contributed by atoms with Gasteiger partial charge in [0.1, 0.15) is 6.17 Å². The number of anilines is 1. The number of fused-ring (bicyclic) bond motifs is 3. The Kier molecular flexibility index (Phi) is 8.24. The van der Waals surface area contributed by atoms with Crippen molar-refractivity contribution in [3.63, 3.8) is 0 Å². The molecule has 9 heteroatoms. The second-order valence-corrected chi connectivity index (χ2v) is 14.1. The van der Waals surface area contributed by atoms with Gasteiger partial charge in [-0.25, -0.2) is 4.39 Å². The number of morpholine rings is 1. The minimum atomic E-state index is -1.19. The van der Waals surface area contributed by atoms with Gasteiger partial charge in [0.2, 0.25) is 0 Å². The van der Waals surface area contributed by atoms with Crippen molar-refractivity contribution in [3.8, 4) is 0 Å². The predicted octanol–water partition coefficient (Wildman–Crippen LogP) is 3.26. The van der Waals surface area contributed by atoms with Crippen LogP contribution >= 0.6 is 0 Å². The Labute approximate surface area is 255 Å². The largest absolute Gasteiger partial charge is 0.375 e. The third-order valence-electron chi connectivity index (χ3n) is 11.5. The number of nitrogens with one attached hydrogen (secondary N) is 1. The van der Waals surface area contributed by atoms with Gasteiger partial charge >= 0.3 is 0 Å². The summed E-state index contributed by atoms with van der Waals surface area (Å²) in [4.78, 5) is 34.2. The van der Waals surface area contributed by atoms with Crippen molar-refractivity contribution in [1.82, 2.24) is 15.1 Å². The van der Waals surface area contributed by atoms with Crippen LogP contribution in [0.25, 0.3) is 0 Å². The molecular formula is C34H48FN5O3. The van der Waals surface area contributed by atoms with Crippen molar-refractivity contribution in [3.05, 3.63) is 42.1 Å². The number of ketones is 1. The zero-order chi connectivity index (χ0) is 29.7. The fourth-order valence-electron chi connectivity index (χ4n) is 9.38. The summed E-state index contributed by atoms with van der Waals surface area (Å²) in [6.45, 7) is 2.68. The van der Waals surface area contributed by atoms with Crippen molar-refractivity contribution in [2.75, 3.05) is 38.1 Å². The Balaban J connectivity index is 1.12.